The van der Waals surface area contributed by atoms with Gasteiger partial charge < -0.3 is 9.80 Å². The molecule has 176 valence electrons. The number of piperidine rings is 1. The van der Waals surface area contributed by atoms with E-state index in [2.05, 4.69) is 29.3 Å². The van der Waals surface area contributed by atoms with Gasteiger partial charge in [-0.05, 0) is 48.4 Å². The molecule has 2 aliphatic heterocycles. The first kappa shape index (κ1) is 23.8. The van der Waals surface area contributed by atoms with Crippen molar-refractivity contribution >= 4 is 33.6 Å². The smallest absolute Gasteiger partial charge is 0.227 e. The maximum absolute atomic E-state index is 13.2. The zero-order valence-electron chi connectivity index (χ0n) is 18.6. The van der Waals surface area contributed by atoms with Crippen molar-refractivity contribution in [1.82, 2.24) is 14.1 Å². The van der Waals surface area contributed by atoms with Crippen molar-refractivity contribution in [3.63, 3.8) is 0 Å². The van der Waals surface area contributed by atoms with Crippen LogP contribution in [0.4, 0.5) is 0 Å². The summed E-state index contributed by atoms with van der Waals surface area (Å²) in [6, 6.07) is 17.0. The average molecular weight is 488 g/mol. The number of nitrogens with zero attached hydrogens (tertiary/aromatic N) is 3. The minimum Gasteiger partial charge on any atom is -0.374 e. The molecule has 0 aliphatic carbocycles. The number of piperazine rings is 1. The predicted octanol–water partition coefficient (Wildman–Crippen LogP) is 3.70. The molecule has 1 atom stereocenters. The highest BCUT2D eigenvalue weighted by molar-refractivity contribution is 7.88. The van der Waals surface area contributed by atoms with Crippen molar-refractivity contribution in [2.45, 2.75) is 18.6 Å². The normalized spacial score (nSPS) is 20.3. The van der Waals surface area contributed by atoms with Gasteiger partial charge in [0, 0.05) is 44.3 Å². The Bertz CT molecular complexity index is 1070. The summed E-state index contributed by atoms with van der Waals surface area (Å²) in [5, 5.41) is 0.579. The Morgan fingerprint density at radius 2 is 1.67 bits per heavy atom. The molecule has 33 heavy (non-hydrogen) atoms. The molecular weight excluding hydrogens is 458 g/mol. The number of amides is 1. The highest BCUT2D eigenvalue weighted by atomic mass is 35.5. The number of carbonyl (C=O) groups excluding carboxylic acids is 1. The van der Waals surface area contributed by atoms with E-state index in [1.54, 1.807) is 24.3 Å². The van der Waals surface area contributed by atoms with E-state index in [0.717, 1.165) is 25.1 Å². The van der Waals surface area contributed by atoms with Crippen molar-refractivity contribution in [1.29, 1.82) is 0 Å². The van der Waals surface area contributed by atoms with Crippen molar-refractivity contribution in [3.05, 3.63) is 76.9 Å². The van der Waals surface area contributed by atoms with Crippen molar-refractivity contribution in [2.75, 3.05) is 39.3 Å². The summed E-state index contributed by atoms with van der Waals surface area (Å²) >= 11 is 5.91. The molecule has 2 aromatic rings. The number of benzene rings is 2. The lowest BCUT2D eigenvalue weighted by molar-refractivity contribution is -0.138. The molecule has 8 heteroatoms. The van der Waals surface area contributed by atoms with E-state index < -0.39 is 10.0 Å². The number of hydrogen-bond acceptors (Lipinski definition) is 4. The van der Waals surface area contributed by atoms with Gasteiger partial charge in [-0.1, -0.05) is 54.1 Å². The molecule has 0 N–H and O–H groups in total. The molecule has 2 heterocycles. The number of sulfonamides is 1. The Morgan fingerprint density at radius 3 is 2.36 bits per heavy atom. The van der Waals surface area contributed by atoms with E-state index >= 15 is 0 Å². The van der Waals surface area contributed by atoms with Gasteiger partial charge in [-0.15, -0.1) is 0 Å². The van der Waals surface area contributed by atoms with Crippen LogP contribution in [0.2, 0.25) is 5.02 Å². The minimum absolute atomic E-state index is 0.0719. The van der Waals surface area contributed by atoms with Gasteiger partial charge in [0.05, 0.1) is 11.7 Å². The van der Waals surface area contributed by atoms with Crippen LogP contribution in [0.15, 0.2) is 60.8 Å². The Kier molecular flexibility index (Phi) is 7.73. The summed E-state index contributed by atoms with van der Waals surface area (Å²) < 4.78 is 27.4. The molecule has 0 saturated carbocycles. The third kappa shape index (κ3) is 6.37. The van der Waals surface area contributed by atoms with Crippen LogP contribution in [0.1, 0.15) is 24.0 Å². The molecule has 0 aromatic heterocycles. The van der Waals surface area contributed by atoms with Crippen molar-refractivity contribution < 1.29 is 13.2 Å². The Morgan fingerprint density at radius 1 is 0.970 bits per heavy atom. The first-order valence-corrected chi connectivity index (χ1v) is 13.4. The quantitative estimate of drug-likeness (QED) is 0.623. The topological polar surface area (TPSA) is 60.9 Å². The largest absolute Gasteiger partial charge is 0.374 e. The first-order chi connectivity index (χ1) is 15.9. The maximum Gasteiger partial charge on any atom is 0.227 e. The van der Waals surface area contributed by atoms with Crippen LogP contribution < -0.4 is 0 Å². The molecule has 2 aliphatic rings. The predicted molar refractivity (Wildman–Crippen MR) is 132 cm³/mol. The van der Waals surface area contributed by atoms with Crippen LogP contribution in [-0.2, 0) is 20.6 Å². The summed E-state index contributed by atoms with van der Waals surface area (Å²) in [5.41, 5.74) is 1.85. The second-order valence-electron chi connectivity index (χ2n) is 8.67. The molecule has 0 radical (unpaired) electrons. The summed E-state index contributed by atoms with van der Waals surface area (Å²) in [4.78, 5) is 17.3. The minimum atomic E-state index is -3.49. The summed E-state index contributed by atoms with van der Waals surface area (Å²) in [6.07, 6.45) is 5.61. The zero-order valence-corrected chi connectivity index (χ0v) is 20.2. The number of rotatable bonds is 6. The monoisotopic (exact) mass is 487 g/mol. The van der Waals surface area contributed by atoms with Crippen molar-refractivity contribution in [2.24, 2.45) is 5.92 Å². The fraction of sp³-hybridized carbons (Fsp3) is 0.400. The number of halogens is 1. The Labute approximate surface area is 201 Å². The standard InChI is InChI=1S/C25H30ClN3O3S/c26-24-10-8-22(9-11-24)20-33(31,32)29-13-4-7-23(19-29)25(30)28-17-15-27(16-18-28)14-12-21-5-2-1-3-6-21/h1-3,5-6,8-12,14,23H,4,7,13,15-20H2. The van der Waals surface area contributed by atoms with Gasteiger partial charge in [0.1, 0.15) is 0 Å². The third-order valence-corrected chi connectivity index (χ3v) is 8.36. The number of carbonyl (C=O) groups is 1. The second-order valence-corrected chi connectivity index (χ2v) is 11.1. The molecular formula is C25H30ClN3O3S. The van der Waals surface area contributed by atoms with Crippen LogP contribution in [0.5, 0.6) is 0 Å². The lowest BCUT2D eigenvalue weighted by Crippen LogP contribution is -2.52. The van der Waals surface area contributed by atoms with E-state index in [4.69, 9.17) is 11.6 Å². The van der Waals surface area contributed by atoms with Crippen LogP contribution in [0.3, 0.4) is 0 Å². The van der Waals surface area contributed by atoms with Gasteiger partial charge in [0.2, 0.25) is 15.9 Å². The molecule has 4 rings (SSSR count). The Balaban J connectivity index is 1.30. The molecule has 1 amide bonds. The van der Waals surface area contributed by atoms with Gasteiger partial charge in [0.15, 0.2) is 0 Å². The SMILES string of the molecule is O=C(C1CCCN(S(=O)(=O)Cc2ccc(Cl)cc2)C1)N1CCN(C=Cc2ccccc2)CC1. The van der Waals surface area contributed by atoms with Crippen LogP contribution in [0, 0.1) is 5.92 Å². The lowest BCUT2D eigenvalue weighted by Gasteiger charge is -2.38. The van der Waals surface area contributed by atoms with Gasteiger partial charge in [-0.3, -0.25) is 4.79 Å². The van der Waals surface area contributed by atoms with Gasteiger partial charge in [-0.2, -0.15) is 0 Å². The van der Waals surface area contributed by atoms with E-state index in [9.17, 15) is 13.2 Å². The molecule has 1 unspecified atom stereocenters. The lowest BCUT2D eigenvalue weighted by atomic mass is 9.98. The van der Waals surface area contributed by atoms with E-state index in [-0.39, 0.29) is 24.1 Å². The molecule has 2 aromatic carbocycles. The average Bonchev–Trinajstić information content (AvgIpc) is 2.85. The molecule has 0 spiro atoms. The highest BCUT2D eigenvalue weighted by Gasteiger charge is 2.35. The van der Waals surface area contributed by atoms with Crippen LogP contribution in [0.25, 0.3) is 6.08 Å². The van der Waals surface area contributed by atoms with Crippen LogP contribution >= 0.6 is 11.6 Å². The molecule has 6 nitrogen and oxygen atoms in total. The number of hydrogen-bond donors (Lipinski definition) is 0. The van der Waals surface area contributed by atoms with Gasteiger partial charge in [-0.25, -0.2) is 12.7 Å². The summed E-state index contributed by atoms with van der Waals surface area (Å²) in [5.74, 6) is -0.268. The molecule has 2 saturated heterocycles. The van der Waals surface area contributed by atoms with Gasteiger partial charge in [0.25, 0.3) is 0 Å². The fourth-order valence-corrected chi connectivity index (χ4v) is 6.12. The fourth-order valence-electron chi connectivity index (χ4n) is 4.38. The first-order valence-electron chi connectivity index (χ1n) is 11.4. The van der Waals surface area contributed by atoms with E-state index in [0.29, 0.717) is 36.6 Å². The van der Waals surface area contributed by atoms with Crippen LogP contribution in [-0.4, -0.2) is 67.7 Å². The zero-order chi connectivity index (χ0) is 23.3. The second kappa shape index (κ2) is 10.7. The maximum atomic E-state index is 13.2. The summed E-state index contributed by atoms with van der Waals surface area (Å²) in [7, 11) is -3.49. The highest BCUT2D eigenvalue weighted by Crippen LogP contribution is 2.24. The Hall–Kier alpha value is -2.35. The van der Waals surface area contributed by atoms with Crippen molar-refractivity contribution in [3.8, 4) is 0 Å². The summed E-state index contributed by atoms with van der Waals surface area (Å²) in [6.45, 7) is 3.61. The van der Waals surface area contributed by atoms with Gasteiger partial charge >= 0.3 is 0 Å². The van der Waals surface area contributed by atoms with E-state index in [1.165, 1.54) is 4.31 Å². The van der Waals surface area contributed by atoms with E-state index in [1.807, 2.05) is 23.1 Å². The molecule has 2 fully saturated rings. The molecule has 0 bridgehead atoms. The third-order valence-electron chi connectivity index (χ3n) is 6.29.